The molecule has 0 saturated carbocycles. The minimum Gasteiger partial charge on any atom is -0.493 e. The molecule has 11 nitrogen and oxygen atoms in total. The number of anilines is 1. The van der Waals surface area contributed by atoms with E-state index in [1.54, 1.807) is 0 Å². The molecule has 39 heavy (non-hydrogen) atoms. The first-order chi connectivity index (χ1) is 18.9. The van der Waals surface area contributed by atoms with E-state index in [9.17, 15) is 14.4 Å². The van der Waals surface area contributed by atoms with Crippen molar-refractivity contribution in [1.82, 2.24) is 15.4 Å². The van der Waals surface area contributed by atoms with Crippen molar-refractivity contribution in [3.8, 4) is 17.2 Å². The molecule has 0 bridgehead atoms. The molecule has 0 unspecified atom stereocenters. The molecule has 0 radical (unpaired) electrons. The number of ether oxygens (including phenoxy) is 4. The first kappa shape index (κ1) is 27.3. The van der Waals surface area contributed by atoms with Gasteiger partial charge in [-0.2, -0.15) is 0 Å². The van der Waals surface area contributed by atoms with E-state index in [-0.39, 0.29) is 23.7 Å². The first-order valence-corrected chi connectivity index (χ1v) is 12.2. The monoisotopic (exact) mass is 534 g/mol. The van der Waals surface area contributed by atoms with Crippen molar-refractivity contribution in [2.75, 3.05) is 39.9 Å². The highest BCUT2D eigenvalue weighted by Crippen LogP contribution is 2.38. The number of carbonyl (C=O) groups excluding carboxylic acids is 3. The SMILES string of the molecule is CCn1c2ccccc2c2cc(NC(=O)COCC(=O)NNC(=O)c3cc(OC)c(OC)c(OC)c3)ccc21. The van der Waals surface area contributed by atoms with Crippen LogP contribution in [0.2, 0.25) is 0 Å². The standard InChI is InChI=1S/C28H30N4O7/c1-5-32-21-9-7-6-8-19(21)20-14-18(10-11-22(20)32)29-25(33)15-39-16-26(34)30-31-28(35)17-12-23(36-2)27(38-4)24(13-17)37-3/h6-14H,5,15-16H2,1-4H3,(H,29,33)(H,30,34)(H,31,35). The van der Waals surface area contributed by atoms with Crippen LogP contribution in [0.1, 0.15) is 17.3 Å². The maximum atomic E-state index is 12.5. The smallest absolute Gasteiger partial charge is 0.269 e. The molecule has 3 aromatic carbocycles. The molecular weight excluding hydrogens is 504 g/mol. The van der Waals surface area contributed by atoms with E-state index in [0.717, 1.165) is 28.4 Å². The molecule has 4 rings (SSSR count). The predicted octanol–water partition coefficient (Wildman–Crippen LogP) is 3.26. The third kappa shape index (κ3) is 5.88. The van der Waals surface area contributed by atoms with Gasteiger partial charge in [-0.3, -0.25) is 25.2 Å². The Morgan fingerprint density at radius 3 is 2.10 bits per heavy atom. The van der Waals surface area contributed by atoms with Gasteiger partial charge in [0.05, 0.1) is 21.3 Å². The summed E-state index contributed by atoms with van der Waals surface area (Å²) in [5.41, 5.74) is 7.53. The van der Waals surface area contributed by atoms with Crippen LogP contribution in [0.15, 0.2) is 54.6 Å². The van der Waals surface area contributed by atoms with Crippen LogP contribution in [-0.4, -0.2) is 56.8 Å². The average Bonchev–Trinajstić information content (AvgIpc) is 3.27. The zero-order valence-electron chi connectivity index (χ0n) is 22.1. The number of rotatable bonds is 10. The van der Waals surface area contributed by atoms with Crippen LogP contribution in [0, 0.1) is 0 Å². The number of hydrogen-bond acceptors (Lipinski definition) is 7. The summed E-state index contributed by atoms with van der Waals surface area (Å²) in [5, 5.41) is 4.93. The quantitative estimate of drug-likeness (QED) is 0.266. The fraction of sp³-hybridized carbons (Fsp3) is 0.250. The number of aromatic nitrogens is 1. The summed E-state index contributed by atoms with van der Waals surface area (Å²) in [4.78, 5) is 37.0. The van der Waals surface area contributed by atoms with Gasteiger partial charge in [0.15, 0.2) is 11.5 Å². The Balaban J connectivity index is 1.28. The second-order valence-electron chi connectivity index (χ2n) is 8.45. The maximum absolute atomic E-state index is 12.5. The van der Waals surface area contributed by atoms with Gasteiger partial charge in [0, 0.05) is 39.6 Å². The zero-order valence-corrected chi connectivity index (χ0v) is 22.1. The summed E-state index contributed by atoms with van der Waals surface area (Å²) in [6, 6.07) is 16.7. The van der Waals surface area contributed by atoms with E-state index in [0.29, 0.717) is 11.4 Å². The Morgan fingerprint density at radius 2 is 1.44 bits per heavy atom. The number of nitrogens with zero attached hydrogens (tertiary/aromatic N) is 1. The number of methoxy groups -OCH3 is 3. The average molecular weight is 535 g/mol. The molecule has 0 spiro atoms. The Labute approximate surface area is 224 Å². The molecule has 11 heteroatoms. The maximum Gasteiger partial charge on any atom is 0.269 e. The number of para-hydroxylation sites is 1. The van der Waals surface area contributed by atoms with E-state index in [4.69, 9.17) is 18.9 Å². The lowest BCUT2D eigenvalue weighted by molar-refractivity contribution is -0.129. The second kappa shape index (κ2) is 12.2. The van der Waals surface area contributed by atoms with Crippen LogP contribution in [0.25, 0.3) is 21.8 Å². The highest BCUT2D eigenvalue weighted by Gasteiger charge is 2.18. The summed E-state index contributed by atoms with van der Waals surface area (Å²) in [6.07, 6.45) is 0. The molecule has 4 aromatic rings. The third-order valence-corrected chi connectivity index (χ3v) is 6.08. The van der Waals surface area contributed by atoms with Gasteiger partial charge in [0.25, 0.3) is 11.8 Å². The van der Waals surface area contributed by atoms with Gasteiger partial charge in [0.1, 0.15) is 13.2 Å². The van der Waals surface area contributed by atoms with Crippen molar-refractivity contribution in [2.24, 2.45) is 0 Å². The largest absolute Gasteiger partial charge is 0.493 e. The van der Waals surface area contributed by atoms with Gasteiger partial charge < -0.3 is 28.8 Å². The molecular formula is C28H30N4O7. The molecule has 0 aliphatic heterocycles. The molecule has 0 fully saturated rings. The van der Waals surface area contributed by atoms with E-state index < -0.39 is 24.3 Å². The molecule has 0 atom stereocenters. The van der Waals surface area contributed by atoms with Crippen molar-refractivity contribution < 1.29 is 33.3 Å². The molecule has 1 aromatic heterocycles. The molecule has 0 saturated heterocycles. The molecule has 204 valence electrons. The van der Waals surface area contributed by atoms with Gasteiger partial charge in [-0.1, -0.05) is 18.2 Å². The van der Waals surface area contributed by atoms with Crippen LogP contribution >= 0.6 is 0 Å². The molecule has 0 aliphatic carbocycles. The molecule has 1 heterocycles. The summed E-state index contributed by atoms with van der Waals surface area (Å²) < 4.78 is 23.1. The minimum atomic E-state index is -0.641. The molecule has 3 N–H and O–H groups in total. The number of fused-ring (bicyclic) bond motifs is 3. The Hall–Kier alpha value is -4.77. The lowest BCUT2D eigenvalue weighted by Gasteiger charge is -2.14. The number of amides is 3. The molecule has 3 amide bonds. The highest BCUT2D eigenvalue weighted by atomic mass is 16.5. The number of benzene rings is 3. The highest BCUT2D eigenvalue weighted by molar-refractivity contribution is 6.09. The number of hydrogen-bond donors (Lipinski definition) is 3. The van der Waals surface area contributed by atoms with Gasteiger partial charge >= 0.3 is 0 Å². The fourth-order valence-electron chi connectivity index (χ4n) is 4.35. The van der Waals surface area contributed by atoms with Crippen LogP contribution in [-0.2, 0) is 20.9 Å². The van der Waals surface area contributed by atoms with E-state index in [1.807, 2.05) is 30.3 Å². The lowest BCUT2D eigenvalue weighted by atomic mass is 10.1. The zero-order chi connectivity index (χ0) is 27.9. The van der Waals surface area contributed by atoms with Crippen LogP contribution < -0.4 is 30.4 Å². The van der Waals surface area contributed by atoms with Crippen molar-refractivity contribution >= 4 is 45.2 Å². The Kier molecular flexibility index (Phi) is 8.52. The number of nitrogens with one attached hydrogen (secondary N) is 3. The van der Waals surface area contributed by atoms with Crippen molar-refractivity contribution in [3.05, 3.63) is 60.2 Å². The number of carbonyl (C=O) groups is 3. The Morgan fingerprint density at radius 1 is 0.769 bits per heavy atom. The van der Waals surface area contributed by atoms with E-state index in [1.165, 1.54) is 33.5 Å². The Bertz CT molecular complexity index is 1500. The second-order valence-corrected chi connectivity index (χ2v) is 8.45. The van der Waals surface area contributed by atoms with E-state index >= 15 is 0 Å². The number of aryl methyl sites for hydroxylation is 1. The van der Waals surface area contributed by atoms with Gasteiger partial charge in [0.2, 0.25) is 11.7 Å². The van der Waals surface area contributed by atoms with Crippen molar-refractivity contribution in [1.29, 1.82) is 0 Å². The summed E-state index contributed by atoms with van der Waals surface area (Å²) in [5.74, 6) is -0.754. The fourth-order valence-corrected chi connectivity index (χ4v) is 4.35. The normalized spacial score (nSPS) is 10.8. The summed E-state index contributed by atoms with van der Waals surface area (Å²) in [6.45, 7) is 2.14. The van der Waals surface area contributed by atoms with Gasteiger partial charge in [-0.15, -0.1) is 0 Å². The minimum absolute atomic E-state index is 0.170. The van der Waals surface area contributed by atoms with Crippen LogP contribution in [0.3, 0.4) is 0 Å². The van der Waals surface area contributed by atoms with Crippen LogP contribution in [0.5, 0.6) is 17.2 Å². The van der Waals surface area contributed by atoms with Crippen molar-refractivity contribution in [2.45, 2.75) is 13.5 Å². The van der Waals surface area contributed by atoms with Gasteiger partial charge in [-0.25, -0.2) is 0 Å². The summed E-state index contributed by atoms with van der Waals surface area (Å²) in [7, 11) is 4.31. The molecule has 0 aliphatic rings. The summed E-state index contributed by atoms with van der Waals surface area (Å²) >= 11 is 0. The predicted molar refractivity (Wildman–Crippen MR) is 146 cm³/mol. The van der Waals surface area contributed by atoms with E-state index in [2.05, 4.69) is 39.8 Å². The van der Waals surface area contributed by atoms with Gasteiger partial charge in [-0.05, 0) is 43.3 Å². The van der Waals surface area contributed by atoms with Crippen molar-refractivity contribution in [3.63, 3.8) is 0 Å². The lowest BCUT2D eigenvalue weighted by Crippen LogP contribution is -2.43. The topological polar surface area (TPSA) is 129 Å². The van der Waals surface area contributed by atoms with Crippen LogP contribution in [0.4, 0.5) is 5.69 Å². The first-order valence-electron chi connectivity index (χ1n) is 12.2. The third-order valence-electron chi connectivity index (χ3n) is 6.08. The number of hydrazine groups is 1.